The summed E-state index contributed by atoms with van der Waals surface area (Å²) in [7, 11) is 1.55. The largest absolute Gasteiger partial charge is 0.505 e. The van der Waals surface area contributed by atoms with Gasteiger partial charge in [0.1, 0.15) is 5.52 Å². The van der Waals surface area contributed by atoms with Gasteiger partial charge in [0.15, 0.2) is 5.75 Å². The van der Waals surface area contributed by atoms with E-state index < -0.39 is 0 Å². The van der Waals surface area contributed by atoms with E-state index in [2.05, 4.69) is 25.9 Å². The fraction of sp³-hybridized carbons (Fsp3) is 0.200. The van der Waals surface area contributed by atoms with Crippen LogP contribution in [-0.2, 0) is 0 Å². The summed E-state index contributed by atoms with van der Waals surface area (Å²) in [5.74, 6) is 0.608. The van der Waals surface area contributed by atoms with Gasteiger partial charge in [0.25, 0.3) is 0 Å². The minimum absolute atomic E-state index is 0.114. The maximum absolute atomic E-state index is 9.68. The molecule has 2 heterocycles. The van der Waals surface area contributed by atoms with E-state index >= 15 is 0 Å². The molecule has 0 spiro atoms. The Balaban J connectivity index is 2.81. The number of nitrogens with zero attached hydrogens (tertiary/aromatic N) is 2. The van der Waals surface area contributed by atoms with Gasteiger partial charge in [0, 0.05) is 6.07 Å². The Hall–Kier alpha value is -1.36. The van der Waals surface area contributed by atoms with Crippen molar-refractivity contribution in [2.24, 2.45) is 0 Å². The zero-order valence-electron chi connectivity index (χ0n) is 8.28. The van der Waals surface area contributed by atoms with Crippen molar-refractivity contribution in [3.63, 3.8) is 0 Å². The molecule has 0 saturated carbocycles. The SMILES string of the molecule is COc1ccc2nc(C)c(O)c(Br)c2n1. The van der Waals surface area contributed by atoms with Gasteiger partial charge in [0.05, 0.1) is 22.8 Å². The quantitative estimate of drug-likeness (QED) is 0.863. The Morgan fingerprint density at radius 1 is 1.33 bits per heavy atom. The second-order valence-electron chi connectivity index (χ2n) is 3.08. The number of fused-ring (bicyclic) bond motifs is 1. The van der Waals surface area contributed by atoms with Crippen LogP contribution >= 0.6 is 15.9 Å². The summed E-state index contributed by atoms with van der Waals surface area (Å²) in [6, 6.07) is 3.54. The number of halogens is 1. The third-order valence-electron chi connectivity index (χ3n) is 2.10. The minimum atomic E-state index is 0.114. The third-order valence-corrected chi connectivity index (χ3v) is 2.86. The van der Waals surface area contributed by atoms with Crippen LogP contribution in [0.4, 0.5) is 0 Å². The number of methoxy groups -OCH3 is 1. The second kappa shape index (κ2) is 3.66. The fourth-order valence-electron chi connectivity index (χ4n) is 1.30. The highest BCUT2D eigenvalue weighted by molar-refractivity contribution is 9.10. The summed E-state index contributed by atoms with van der Waals surface area (Å²) in [6.45, 7) is 1.74. The normalized spacial score (nSPS) is 10.6. The van der Waals surface area contributed by atoms with Crippen LogP contribution in [0, 0.1) is 6.92 Å². The van der Waals surface area contributed by atoms with E-state index in [0.29, 0.717) is 21.6 Å². The van der Waals surface area contributed by atoms with E-state index in [-0.39, 0.29) is 5.75 Å². The topological polar surface area (TPSA) is 55.2 Å². The molecule has 0 radical (unpaired) electrons. The number of aromatic nitrogens is 2. The molecular weight excluding hydrogens is 260 g/mol. The highest BCUT2D eigenvalue weighted by Gasteiger charge is 2.11. The number of pyridine rings is 2. The summed E-state index contributed by atoms with van der Waals surface area (Å²) in [5.41, 5.74) is 1.89. The minimum Gasteiger partial charge on any atom is -0.505 e. The van der Waals surface area contributed by atoms with Gasteiger partial charge in [-0.3, -0.25) is 0 Å². The van der Waals surface area contributed by atoms with Gasteiger partial charge >= 0.3 is 0 Å². The standard InChI is InChI=1S/C10H9BrN2O2/c1-5-10(14)8(11)9-6(12-5)3-4-7(13-9)15-2/h3-4,14H,1-2H3. The molecule has 0 aromatic carbocycles. The lowest BCUT2D eigenvalue weighted by Crippen LogP contribution is -1.92. The van der Waals surface area contributed by atoms with Crippen molar-refractivity contribution in [3.8, 4) is 11.6 Å². The Bertz CT molecular complexity index is 528. The highest BCUT2D eigenvalue weighted by atomic mass is 79.9. The van der Waals surface area contributed by atoms with E-state index in [0.717, 1.165) is 5.52 Å². The molecule has 0 aliphatic rings. The van der Waals surface area contributed by atoms with Gasteiger partial charge in [0.2, 0.25) is 5.88 Å². The van der Waals surface area contributed by atoms with Crippen molar-refractivity contribution in [3.05, 3.63) is 22.3 Å². The molecule has 2 aromatic heterocycles. The average Bonchev–Trinajstić information content (AvgIpc) is 2.26. The number of aryl methyl sites for hydroxylation is 1. The Morgan fingerprint density at radius 2 is 2.07 bits per heavy atom. The van der Waals surface area contributed by atoms with Crippen LogP contribution in [-0.4, -0.2) is 22.2 Å². The Morgan fingerprint density at radius 3 is 2.73 bits per heavy atom. The number of ether oxygens (including phenoxy) is 1. The third kappa shape index (κ3) is 1.63. The number of rotatable bonds is 1. The maximum atomic E-state index is 9.68. The molecule has 0 aliphatic carbocycles. The van der Waals surface area contributed by atoms with Crippen molar-refractivity contribution in [1.29, 1.82) is 0 Å². The molecule has 15 heavy (non-hydrogen) atoms. The first-order valence-corrected chi connectivity index (χ1v) is 5.12. The summed E-state index contributed by atoms with van der Waals surface area (Å²) < 4.78 is 5.55. The van der Waals surface area contributed by atoms with Crippen LogP contribution in [0.3, 0.4) is 0 Å². The first kappa shape index (κ1) is 10.2. The molecule has 5 heteroatoms. The van der Waals surface area contributed by atoms with Crippen LogP contribution in [0.15, 0.2) is 16.6 Å². The maximum Gasteiger partial charge on any atom is 0.213 e. The van der Waals surface area contributed by atoms with Crippen LogP contribution in [0.5, 0.6) is 11.6 Å². The Kier molecular flexibility index (Phi) is 2.48. The smallest absolute Gasteiger partial charge is 0.213 e. The molecule has 4 nitrogen and oxygen atoms in total. The van der Waals surface area contributed by atoms with Crippen LogP contribution in [0.2, 0.25) is 0 Å². The van der Waals surface area contributed by atoms with Gasteiger partial charge < -0.3 is 9.84 Å². The van der Waals surface area contributed by atoms with Crippen LogP contribution < -0.4 is 4.74 Å². The summed E-state index contributed by atoms with van der Waals surface area (Å²) in [4.78, 5) is 8.42. The molecule has 0 aliphatic heterocycles. The van der Waals surface area contributed by atoms with Crippen molar-refractivity contribution in [1.82, 2.24) is 9.97 Å². The molecule has 78 valence electrons. The van der Waals surface area contributed by atoms with Crippen LogP contribution in [0.25, 0.3) is 11.0 Å². The molecule has 0 saturated heterocycles. The Labute approximate surface area is 95.1 Å². The first-order chi connectivity index (χ1) is 7.13. The second-order valence-corrected chi connectivity index (χ2v) is 3.87. The van der Waals surface area contributed by atoms with Gasteiger partial charge in [-0.05, 0) is 28.9 Å². The zero-order valence-corrected chi connectivity index (χ0v) is 9.87. The van der Waals surface area contributed by atoms with E-state index in [4.69, 9.17) is 4.74 Å². The van der Waals surface area contributed by atoms with E-state index in [9.17, 15) is 5.11 Å². The molecule has 0 atom stereocenters. The lowest BCUT2D eigenvalue weighted by molar-refractivity contribution is 0.399. The van der Waals surface area contributed by atoms with Gasteiger partial charge in [-0.15, -0.1) is 0 Å². The summed E-state index contributed by atoms with van der Waals surface area (Å²) >= 11 is 3.29. The summed E-state index contributed by atoms with van der Waals surface area (Å²) in [5, 5.41) is 9.68. The number of aromatic hydroxyl groups is 1. The van der Waals surface area contributed by atoms with Gasteiger partial charge in [-0.2, -0.15) is 0 Å². The summed E-state index contributed by atoms with van der Waals surface area (Å²) in [6.07, 6.45) is 0. The molecule has 0 amide bonds. The van der Waals surface area contributed by atoms with Crippen LogP contribution in [0.1, 0.15) is 5.69 Å². The monoisotopic (exact) mass is 268 g/mol. The number of hydrogen-bond donors (Lipinski definition) is 1. The molecule has 0 fully saturated rings. The highest BCUT2D eigenvalue weighted by Crippen LogP contribution is 2.33. The fourth-order valence-corrected chi connectivity index (χ4v) is 1.88. The lowest BCUT2D eigenvalue weighted by Gasteiger charge is -2.06. The van der Waals surface area contributed by atoms with E-state index in [1.165, 1.54) is 0 Å². The predicted molar refractivity (Wildman–Crippen MR) is 60.2 cm³/mol. The molecule has 1 N–H and O–H groups in total. The number of hydrogen-bond acceptors (Lipinski definition) is 4. The molecule has 0 unspecified atom stereocenters. The van der Waals surface area contributed by atoms with Crippen molar-refractivity contribution < 1.29 is 9.84 Å². The zero-order chi connectivity index (χ0) is 11.0. The van der Waals surface area contributed by atoms with Crippen molar-refractivity contribution in [2.45, 2.75) is 6.92 Å². The van der Waals surface area contributed by atoms with Gasteiger partial charge in [-0.1, -0.05) is 0 Å². The van der Waals surface area contributed by atoms with E-state index in [1.807, 2.05) is 0 Å². The molecule has 0 bridgehead atoms. The van der Waals surface area contributed by atoms with E-state index in [1.54, 1.807) is 26.2 Å². The first-order valence-electron chi connectivity index (χ1n) is 4.33. The van der Waals surface area contributed by atoms with Gasteiger partial charge in [-0.25, -0.2) is 9.97 Å². The molecular formula is C10H9BrN2O2. The average molecular weight is 269 g/mol. The predicted octanol–water partition coefficient (Wildman–Crippen LogP) is 2.41. The lowest BCUT2D eigenvalue weighted by atomic mass is 10.2. The van der Waals surface area contributed by atoms with Crippen molar-refractivity contribution in [2.75, 3.05) is 7.11 Å². The molecule has 2 rings (SSSR count). The molecule has 2 aromatic rings. The van der Waals surface area contributed by atoms with Crippen molar-refractivity contribution >= 4 is 27.0 Å².